The molecular formula is C17H19N5O2S2. The predicted molar refractivity (Wildman–Crippen MR) is 104 cm³/mol. The van der Waals surface area contributed by atoms with E-state index in [1.54, 1.807) is 31.3 Å². The maximum Gasteiger partial charge on any atom is 0.240 e. The molecule has 26 heavy (non-hydrogen) atoms. The summed E-state index contributed by atoms with van der Waals surface area (Å²) < 4.78 is 5.02. The number of nitrogens with two attached hydrogens (primary N) is 1. The Bertz CT molecular complexity index is 981. The lowest BCUT2D eigenvalue weighted by atomic mass is 9.97. The molecule has 1 atom stereocenters. The van der Waals surface area contributed by atoms with Gasteiger partial charge < -0.3 is 10.3 Å². The summed E-state index contributed by atoms with van der Waals surface area (Å²) in [4.78, 5) is 23.7. The summed E-state index contributed by atoms with van der Waals surface area (Å²) in [5, 5.41) is 7.58. The monoisotopic (exact) mass is 389 g/mol. The van der Waals surface area contributed by atoms with Gasteiger partial charge in [-0.05, 0) is 45.1 Å². The number of carbonyl (C=O) groups is 1. The van der Waals surface area contributed by atoms with Crippen molar-refractivity contribution in [3.8, 4) is 0 Å². The van der Waals surface area contributed by atoms with E-state index >= 15 is 0 Å². The normalized spacial score (nSPS) is 15.0. The van der Waals surface area contributed by atoms with E-state index in [9.17, 15) is 4.79 Å². The third kappa shape index (κ3) is 3.28. The molecule has 3 N–H and O–H groups in total. The van der Waals surface area contributed by atoms with Crippen LogP contribution >= 0.6 is 23.1 Å². The number of thiophene rings is 1. The topological polar surface area (TPSA) is 107 Å². The summed E-state index contributed by atoms with van der Waals surface area (Å²) in [5.74, 6) is 0.649. The molecule has 0 saturated carbocycles. The van der Waals surface area contributed by atoms with Gasteiger partial charge in [-0.3, -0.25) is 10.1 Å². The van der Waals surface area contributed by atoms with E-state index in [2.05, 4.69) is 20.4 Å². The Morgan fingerprint density at radius 3 is 2.96 bits per heavy atom. The number of aryl methyl sites for hydroxylation is 3. The zero-order valence-corrected chi connectivity index (χ0v) is 16.2. The van der Waals surface area contributed by atoms with Crippen molar-refractivity contribution < 1.29 is 9.32 Å². The van der Waals surface area contributed by atoms with Crippen LogP contribution in [0.2, 0.25) is 0 Å². The minimum atomic E-state index is -0.396. The molecule has 0 unspecified atom stereocenters. The standard InChI is InChI=1S/C17H19N5O2S2/c1-8-7-12(24-22-8)19-15(23)9(2)25-17-20-14(18)13-10-5-3-4-6-11(10)26-16(13)21-17/h7,9H,3-6H2,1-2H3,(H,19,23)(H2,18,20,21)/t9-/m0/s1. The molecule has 1 aliphatic rings. The molecule has 7 nitrogen and oxygen atoms in total. The maximum atomic E-state index is 12.3. The quantitative estimate of drug-likeness (QED) is 0.519. The van der Waals surface area contributed by atoms with Gasteiger partial charge in [0.25, 0.3) is 0 Å². The van der Waals surface area contributed by atoms with E-state index in [1.807, 2.05) is 0 Å². The van der Waals surface area contributed by atoms with E-state index in [4.69, 9.17) is 10.3 Å². The van der Waals surface area contributed by atoms with Gasteiger partial charge in [0.15, 0.2) is 5.16 Å². The van der Waals surface area contributed by atoms with Crippen molar-refractivity contribution in [2.45, 2.75) is 49.9 Å². The Hall–Kier alpha value is -2.13. The Kier molecular flexibility index (Phi) is 4.58. The summed E-state index contributed by atoms with van der Waals surface area (Å²) >= 11 is 2.98. The highest BCUT2D eigenvalue weighted by Gasteiger charge is 2.22. The molecule has 4 rings (SSSR count). The number of aromatic nitrogens is 3. The number of thioether (sulfide) groups is 1. The Morgan fingerprint density at radius 1 is 1.38 bits per heavy atom. The van der Waals surface area contributed by atoms with Gasteiger partial charge in [0.2, 0.25) is 11.8 Å². The van der Waals surface area contributed by atoms with E-state index in [1.165, 1.54) is 35.0 Å². The van der Waals surface area contributed by atoms with Crippen molar-refractivity contribution >= 4 is 50.9 Å². The first-order valence-electron chi connectivity index (χ1n) is 8.50. The molecule has 0 saturated heterocycles. The number of rotatable bonds is 4. The number of hydrogen-bond acceptors (Lipinski definition) is 8. The minimum absolute atomic E-state index is 0.195. The Morgan fingerprint density at radius 2 is 2.19 bits per heavy atom. The zero-order chi connectivity index (χ0) is 18.3. The van der Waals surface area contributed by atoms with Crippen molar-refractivity contribution in [3.63, 3.8) is 0 Å². The number of nitrogens with one attached hydrogen (secondary N) is 1. The molecule has 3 heterocycles. The number of fused-ring (bicyclic) bond motifs is 3. The summed E-state index contributed by atoms with van der Waals surface area (Å²) in [7, 11) is 0. The first-order chi connectivity index (χ1) is 12.5. The van der Waals surface area contributed by atoms with E-state index < -0.39 is 5.25 Å². The second-order valence-corrected chi connectivity index (χ2v) is 8.76. The van der Waals surface area contributed by atoms with Crippen LogP contribution in [0.4, 0.5) is 11.7 Å². The van der Waals surface area contributed by atoms with E-state index in [0.29, 0.717) is 22.6 Å². The van der Waals surface area contributed by atoms with Crippen molar-refractivity contribution in [3.05, 3.63) is 22.2 Å². The fourth-order valence-electron chi connectivity index (χ4n) is 3.08. The van der Waals surface area contributed by atoms with Crippen molar-refractivity contribution in [2.75, 3.05) is 11.1 Å². The average Bonchev–Trinajstić information content (AvgIpc) is 3.17. The number of hydrogen-bond donors (Lipinski definition) is 2. The van der Waals surface area contributed by atoms with Gasteiger partial charge >= 0.3 is 0 Å². The van der Waals surface area contributed by atoms with E-state index in [0.717, 1.165) is 23.1 Å². The molecule has 3 aromatic heterocycles. The molecule has 0 aromatic carbocycles. The third-order valence-corrected chi connectivity index (χ3v) is 6.49. The average molecular weight is 390 g/mol. The molecule has 9 heteroatoms. The largest absolute Gasteiger partial charge is 0.383 e. The second kappa shape index (κ2) is 6.88. The van der Waals surface area contributed by atoms with Crippen LogP contribution in [-0.4, -0.2) is 26.3 Å². The Labute approximate surface area is 158 Å². The lowest BCUT2D eigenvalue weighted by Gasteiger charge is -2.11. The summed E-state index contributed by atoms with van der Waals surface area (Å²) in [6, 6.07) is 1.67. The van der Waals surface area contributed by atoms with Crippen LogP contribution in [0, 0.1) is 6.92 Å². The highest BCUT2D eigenvalue weighted by Crippen LogP contribution is 2.38. The molecule has 1 amide bonds. The smallest absolute Gasteiger partial charge is 0.240 e. The lowest BCUT2D eigenvalue weighted by Crippen LogP contribution is -2.22. The van der Waals surface area contributed by atoms with Crippen LogP contribution in [0.1, 0.15) is 35.9 Å². The molecule has 3 aromatic rings. The van der Waals surface area contributed by atoms with Crippen LogP contribution in [0.3, 0.4) is 0 Å². The number of nitrogen functional groups attached to an aromatic ring is 1. The van der Waals surface area contributed by atoms with Crippen LogP contribution in [0.15, 0.2) is 15.7 Å². The summed E-state index contributed by atoms with van der Waals surface area (Å²) in [6.07, 6.45) is 4.54. The van der Waals surface area contributed by atoms with Gasteiger partial charge in [0, 0.05) is 10.9 Å². The summed E-state index contributed by atoms with van der Waals surface area (Å²) in [6.45, 7) is 3.59. The SMILES string of the molecule is Cc1cc(NC(=O)[C@H](C)Sc2nc(N)c3c4c(sc3n2)CCCC4)on1. The highest BCUT2D eigenvalue weighted by molar-refractivity contribution is 8.00. The van der Waals surface area contributed by atoms with Gasteiger partial charge in [0.1, 0.15) is 10.6 Å². The van der Waals surface area contributed by atoms with Crippen LogP contribution in [-0.2, 0) is 17.6 Å². The third-order valence-electron chi connectivity index (χ3n) is 4.35. The van der Waals surface area contributed by atoms with Crippen molar-refractivity contribution in [1.82, 2.24) is 15.1 Å². The fraction of sp³-hybridized carbons (Fsp3) is 0.412. The van der Waals surface area contributed by atoms with Gasteiger partial charge in [-0.15, -0.1) is 11.3 Å². The first kappa shape index (κ1) is 17.3. The van der Waals surface area contributed by atoms with Crippen molar-refractivity contribution in [2.24, 2.45) is 0 Å². The molecule has 0 spiro atoms. The zero-order valence-electron chi connectivity index (χ0n) is 14.5. The molecule has 1 aliphatic carbocycles. The van der Waals surface area contributed by atoms with Gasteiger partial charge in [-0.2, -0.15) is 0 Å². The molecule has 0 aliphatic heterocycles. The van der Waals surface area contributed by atoms with Gasteiger partial charge in [0.05, 0.1) is 16.3 Å². The number of carbonyl (C=O) groups excluding carboxylic acids is 1. The predicted octanol–water partition coefficient (Wildman–Crippen LogP) is 3.57. The highest BCUT2D eigenvalue weighted by atomic mass is 32.2. The number of nitrogens with zero attached hydrogens (tertiary/aromatic N) is 3. The molecule has 0 radical (unpaired) electrons. The van der Waals surface area contributed by atoms with Crippen LogP contribution in [0.25, 0.3) is 10.2 Å². The first-order valence-corrected chi connectivity index (χ1v) is 10.2. The molecular weight excluding hydrogens is 370 g/mol. The maximum absolute atomic E-state index is 12.3. The molecule has 0 fully saturated rings. The minimum Gasteiger partial charge on any atom is -0.383 e. The molecule has 136 valence electrons. The van der Waals surface area contributed by atoms with E-state index in [-0.39, 0.29) is 5.91 Å². The second-order valence-electron chi connectivity index (χ2n) is 6.36. The fourth-order valence-corrected chi connectivity index (χ4v) is 5.18. The lowest BCUT2D eigenvalue weighted by molar-refractivity contribution is -0.115. The van der Waals surface area contributed by atoms with Crippen LogP contribution in [0.5, 0.6) is 0 Å². The van der Waals surface area contributed by atoms with Gasteiger partial charge in [-0.1, -0.05) is 16.9 Å². The Balaban J connectivity index is 1.54. The van der Waals surface area contributed by atoms with Gasteiger partial charge in [-0.25, -0.2) is 9.97 Å². The van der Waals surface area contributed by atoms with Crippen LogP contribution < -0.4 is 11.1 Å². The number of anilines is 2. The molecule has 0 bridgehead atoms. The van der Waals surface area contributed by atoms with Crippen molar-refractivity contribution in [1.29, 1.82) is 0 Å². The number of amides is 1. The summed E-state index contributed by atoms with van der Waals surface area (Å²) in [5.41, 5.74) is 8.25.